The Labute approximate surface area is 243 Å². The molecule has 0 aliphatic carbocycles. The van der Waals surface area contributed by atoms with Gasteiger partial charge in [-0.15, -0.1) is 5.10 Å². The predicted molar refractivity (Wildman–Crippen MR) is 160 cm³/mol. The number of furan rings is 1. The van der Waals surface area contributed by atoms with Crippen LogP contribution in [-0.4, -0.2) is 37.2 Å². The van der Waals surface area contributed by atoms with Crippen molar-refractivity contribution in [3.05, 3.63) is 141 Å². The second-order valence-electron chi connectivity index (χ2n) is 10.5. The number of fused-ring (bicyclic) bond motifs is 1. The van der Waals surface area contributed by atoms with Crippen LogP contribution in [0.15, 0.2) is 100 Å². The van der Waals surface area contributed by atoms with Gasteiger partial charge in [0.15, 0.2) is 5.82 Å². The van der Waals surface area contributed by atoms with Gasteiger partial charge in [-0.2, -0.15) is 0 Å². The zero-order valence-corrected chi connectivity index (χ0v) is 23.8. The molecule has 6 aromatic rings. The molecule has 3 aromatic carbocycles. The quantitative estimate of drug-likeness (QED) is 0.234. The van der Waals surface area contributed by atoms with Gasteiger partial charge in [0.1, 0.15) is 24.1 Å². The summed E-state index contributed by atoms with van der Waals surface area (Å²) in [7, 11) is 1.65. The van der Waals surface area contributed by atoms with E-state index in [4.69, 9.17) is 9.15 Å². The fraction of sp³-hybridized carbons (Fsp3) is 0.212. The zero-order chi connectivity index (χ0) is 29.1. The minimum atomic E-state index is -0.578. The minimum absolute atomic E-state index is 0.183. The highest BCUT2D eigenvalue weighted by Gasteiger charge is 2.31. The number of benzene rings is 3. The van der Waals surface area contributed by atoms with E-state index in [0.717, 1.165) is 38.9 Å². The third-order valence-electron chi connectivity index (χ3n) is 7.46. The summed E-state index contributed by atoms with van der Waals surface area (Å²) in [5, 5.41) is 13.9. The molecule has 0 saturated carbocycles. The third kappa shape index (κ3) is 5.73. The zero-order valence-electron chi connectivity index (χ0n) is 23.8. The van der Waals surface area contributed by atoms with E-state index in [-0.39, 0.29) is 5.56 Å². The molecule has 212 valence electrons. The highest BCUT2D eigenvalue weighted by molar-refractivity contribution is 5.83. The maximum Gasteiger partial charge on any atom is 0.253 e. The van der Waals surface area contributed by atoms with Gasteiger partial charge in [0.25, 0.3) is 5.56 Å². The predicted octanol–water partition coefficient (Wildman–Crippen LogP) is 5.57. The van der Waals surface area contributed by atoms with E-state index in [1.807, 2.05) is 73.7 Å². The third-order valence-corrected chi connectivity index (χ3v) is 7.46. The van der Waals surface area contributed by atoms with Crippen LogP contribution in [0.3, 0.4) is 0 Å². The van der Waals surface area contributed by atoms with Gasteiger partial charge in [0, 0.05) is 29.6 Å². The molecular formula is C33H32N6O3. The van der Waals surface area contributed by atoms with Crippen molar-refractivity contribution < 1.29 is 9.15 Å². The number of nitrogens with one attached hydrogen (secondary N) is 1. The van der Waals surface area contributed by atoms with E-state index in [0.29, 0.717) is 36.8 Å². The minimum Gasteiger partial charge on any atom is -0.497 e. The van der Waals surface area contributed by atoms with Crippen LogP contribution in [0.25, 0.3) is 10.9 Å². The first-order valence-corrected chi connectivity index (χ1v) is 13.8. The topological polar surface area (TPSA) is 102 Å². The van der Waals surface area contributed by atoms with Crippen molar-refractivity contribution in [1.29, 1.82) is 0 Å². The van der Waals surface area contributed by atoms with E-state index in [9.17, 15) is 4.79 Å². The van der Waals surface area contributed by atoms with E-state index in [2.05, 4.69) is 50.5 Å². The summed E-state index contributed by atoms with van der Waals surface area (Å²) >= 11 is 0. The largest absolute Gasteiger partial charge is 0.497 e. The van der Waals surface area contributed by atoms with Crippen LogP contribution in [-0.2, 0) is 19.6 Å². The summed E-state index contributed by atoms with van der Waals surface area (Å²) in [4.78, 5) is 19.3. The molecule has 3 aromatic heterocycles. The number of aryl methyl sites for hydroxylation is 2. The number of aromatic nitrogens is 5. The van der Waals surface area contributed by atoms with Crippen LogP contribution >= 0.6 is 0 Å². The maximum atomic E-state index is 13.9. The Balaban J connectivity index is 1.53. The lowest BCUT2D eigenvalue weighted by Crippen LogP contribution is -2.35. The van der Waals surface area contributed by atoms with Crippen molar-refractivity contribution in [2.75, 3.05) is 7.11 Å². The summed E-state index contributed by atoms with van der Waals surface area (Å²) in [6, 6.07) is 27.4. The molecule has 1 N–H and O–H groups in total. The van der Waals surface area contributed by atoms with Gasteiger partial charge in [0.05, 0.1) is 13.4 Å². The molecule has 0 spiro atoms. The molecule has 0 bridgehead atoms. The maximum absolute atomic E-state index is 13.9. The van der Waals surface area contributed by atoms with Gasteiger partial charge < -0.3 is 14.1 Å². The summed E-state index contributed by atoms with van der Waals surface area (Å²) in [6.07, 6.45) is 1.63. The Bertz CT molecular complexity index is 1840. The van der Waals surface area contributed by atoms with E-state index in [1.54, 1.807) is 18.1 Å². The number of nitrogens with zero attached hydrogens (tertiary/aromatic N) is 5. The second kappa shape index (κ2) is 11.8. The number of ether oxygens (including phenoxy) is 1. The Hall–Kier alpha value is -5.02. The van der Waals surface area contributed by atoms with E-state index < -0.39 is 6.04 Å². The Morgan fingerprint density at radius 3 is 2.43 bits per heavy atom. The normalized spacial score (nSPS) is 12.2. The Morgan fingerprint density at radius 1 is 0.952 bits per heavy atom. The molecular weight excluding hydrogens is 528 g/mol. The van der Waals surface area contributed by atoms with Crippen LogP contribution in [0.1, 0.15) is 45.4 Å². The van der Waals surface area contributed by atoms with Gasteiger partial charge in [-0.1, -0.05) is 48.5 Å². The smallest absolute Gasteiger partial charge is 0.253 e. The number of pyridine rings is 1. The first kappa shape index (κ1) is 27.2. The van der Waals surface area contributed by atoms with Crippen molar-refractivity contribution in [3.8, 4) is 5.75 Å². The van der Waals surface area contributed by atoms with Gasteiger partial charge >= 0.3 is 0 Å². The van der Waals surface area contributed by atoms with Crippen LogP contribution in [0.5, 0.6) is 5.75 Å². The van der Waals surface area contributed by atoms with Crippen molar-refractivity contribution in [1.82, 2.24) is 30.1 Å². The van der Waals surface area contributed by atoms with Crippen LogP contribution in [0.4, 0.5) is 0 Å². The first-order valence-electron chi connectivity index (χ1n) is 13.8. The lowest BCUT2D eigenvalue weighted by molar-refractivity contribution is 0.193. The first-order chi connectivity index (χ1) is 20.5. The average molecular weight is 561 g/mol. The van der Waals surface area contributed by atoms with Crippen molar-refractivity contribution in [3.63, 3.8) is 0 Å². The molecule has 9 nitrogen and oxygen atoms in total. The van der Waals surface area contributed by atoms with Crippen molar-refractivity contribution in [2.24, 2.45) is 0 Å². The van der Waals surface area contributed by atoms with Crippen molar-refractivity contribution >= 4 is 10.9 Å². The average Bonchev–Trinajstić information content (AvgIpc) is 3.67. The standard InChI is InChI=1S/C33H32N6O3/c1-22-16-23(2)28-18-29(33(40)34-30(28)17-22)31(32-35-36-37-39(32)21-27-10-7-15-42-27)38(19-24-8-5-4-6-9-24)20-25-11-13-26(41-3)14-12-25/h4-18,31H,19-21H2,1-3H3,(H,34,40)/t31-/m1/s1. The molecule has 9 heteroatoms. The molecule has 0 unspecified atom stereocenters. The molecule has 3 heterocycles. The number of rotatable bonds is 10. The van der Waals surface area contributed by atoms with Crippen LogP contribution in [0.2, 0.25) is 0 Å². The molecule has 0 saturated heterocycles. The molecule has 6 rings (SSSR count). The molecule has 0 aliphatic heterocycles. The van der Waals surface area contributed by atoms with Gasteiger partial charge in [-0.05, 0) is 82.9 Å². The number of hydrogen-bond acceptors (Lipinski definition) is 7. The number of tetrazole rings is 1. The molecule has 1 atom stereocenters. The van der Waals surface area contributed by atoms with Gasteiger partial charge in [-0.3, -0.25) is 9.69 Å². The number of aromatic amines is 1. The van der Waals surface area contributed by atoms with Gasteiger partial charge in [0.2, 0.25) is 0 Å². The van der Waals surface area contributed by atoms with Crippen molar-refractivity contribution in [2.45, 2.75) is 39.5 Å². The lowest BCUT2D eigenvalue weighted by Gasteiger charge is -2.31. The number of H-pyrrole nitrogens is 1. The number of methoxy groups -OCH3 is 1. The van der Waals surface area contributed by atoms with Crippen LogP contribution < -0.4 is 10.3 Å². The SMILES string of the molecule is COc1ccc(CN(Cc2ccccc2)[C@H](c2cc3c(C)cc(C)cc3[nH]c2=O)c2nnnn2Cc2ccco2)cc1. The highest BCUT2D eigenvalue weighted by Crippen LogP contribution is 2.31. The Kier molecular flexibility index (Phi) is 7.66. The fourth-order valence-electron chi connectivity index (χ4n) is 5.48. The van der Waals surface area contributed by atoms with E-state index >= 15 is 0 Å². The number of hydrogen-bond donors (Lipinski definition) is 1. The van der Waals surface area contributed by atoms with Gasteiger partial charge in [-0.25, -0.2) is 4.68 Å². The monoisotopic (exact) mass is 560 g/mol. The lowest BCUT2D eigenvalue weighted by atomic mass is 9.99. The Morgan fingerprint density at radius 2 is 1.71 bits per heavy atom. The molecule has 42 heavy (non-hydrogen) atoms. The highest BCUT2D eigenvalue weighted by atomic mass is 16.5. The van der Waals surface area contributed by atoms with Crippen LogP contribution in [0, 0.1) is 13.8 Å². The molecule has 0 fully saturated rings. The summed E-state index contributed by atoms with van der Waals surface area (Å²) in [5.74, 6) is 2.04. The fourth-order valence-corrected chi connectivity index (χ4v) is 5.48. The second-order valence-corrected chi connectivity index (χ2v) is 10.5. The molecule has 0 radical (unpaired) electrons. The molecule has 0 amide bonds. The summed E-state index contributed by atoms with van der Waals surface area (Å²) in [5.41, 5.74) is 5.52. The summed E-state index contributed by atoms with van der Waals surface area (Å²) < 4.78 is 12.7. The van der Waals surface area contributed by atoms with E-state index in [1.165, 1.54) is 0 Å². The molecule has 0 aliphatic rings. The summed E-state index contributed by atoms with van der Waals surface area (Å²) in [6.45, 7) is 5.50.